The van der Waals surface area contributed by atoms with E-state index in [9.17, 15) is 13.2 Å². The first-order valence-electron chi connectivity index (χ1n) is 12.8. The van der Waals surface area contributed by atoms with Crippen molar-refractivity contribution in [1.29, 1.82) is 0 Å². The molecule has 15 heteroatoms. The van der Waals surface area contributed by atoms with E-state index in [1.54, 1.807) is 23.3 Å². The molecule has 5 aromatic heterocycles. The van der Waals surface area contributed by atoms with Gasteiger partial charge < -0.3 is 10.6 Å². The summed E-state index contributed by atoms with van der Waals surface area (Å²) in [5, 5.41) is 15.3. The van der Waals surface area contributed by atoms with Crippen LogP contribution in [0.2, 0.25) is 0 Å². The maximum atomic E-state index is 13.1. The Morgan fingerprint density at radius 2 is 1.90 bits per heavy atom. The molecule has 204 valence electrons. The monoisotopic (exact) mass is 559 g/mol. The minimum atomic E-state index is -3.75. The number of aromatic nitrogens is 9. The van der Waals surface area contributed by atoms with Gasteiger partial charge in [-0.25, -0.2) is 28.1 Å². The van der Waals surface area contributed by atoms with E-state index in [2.05, 4.69) is 30.4 Å². The van der Waals surface area contributed by atoms with Crippen molar-refractivity contribution in [1.82, 2.24) is 49.4 Å². The van der Waals surface area contributed by atoms with Crippen LogP contribution in [0.15, 0.2) is 54.2 Å². The fourth-order valence-corrected chi connectivity index (χ4v) is 7.18. The predicted molar refractivity (Wildman–Crippen MR) is 142 cm³/mol. The number of nitrogens with one attached hydrogen (secondary N) is 1. The number of hydrogen-bond donors (Lipinski definition) is 2. The number of amides is 1. The Kier molecular flexibility index (Phi) is 5.45. The van der Waals surface area contributed by atoms with Gasteiger partial charge in [-0.1, -0.05) is 6.07 Å². The molecule has 0 radical (unpaired) electrons. The highest BCUT2D eigenvalue weighted by molar-refractivity contribution is 7.91. The molecule has 3 N–H and O–H groups in total. The van der Waals surface area contributed by atoms with Crippen LogP contribution in [-0.4, -0.2) is 82.1 Å². The van der Waals surface area contributed by atoms with Gasteiger partial charge in [0.25, 0.3) is 5.91 Å². The largest absolute Gasteiger partial charge is 0.382 e. The van der Waals surface area contributed by atoms with Gasteiger partial charge in [0.1, 0.15) is 17.0 Å². The zero-order valence-electron chi connectivity index (χ0n) is 21.4. The summed E-state index contributed by atoms with van der Waals surface area (Å²) in [6.45, 7) is 0. The van der Waals surface area contributed by atoms with Crippen LogP contribution in [0.25, 0.3) is 22.6 Å². The Balaban J connectivity index is 1.30. The van der Waals surface area contributed by atoms with Crippen LogP contribution in [0.3, 0.4) is 0 Å². The van der Waals surface area contributed by atoms with Crippen molar-refractivity contribution in [3.05, 3.63) is 60.8 Å². The number of carbonyl (C=O) groups excluding carboxylic acids is 1. The van der Waals surface area contributed by atoms with Gasteiger partial charge in [0, 0.05) is 47.8 Å². The lowest BCUT2D eigenvalue weighted by Gasteiger charge is -2.38. The first-order chi connectivity index (χ1) is 19.3. The third-order valence-corrected chi connectivity index (χ3v) is 8.94. The number of anilines is 1. The van der Waals surface area contributed by atoms with Gasteiger partial charge in [-0.2, -0.15) is 19.8 Å². The topological polar surface area (TPSA) is 183 Å². The molecule has 0 aromatic carbocycles. The van der Waals surface area contributed by atoms with Gasteiger partial charge in [-0.15, -0.1) is 0 Å². The SMILES string of the molecule is CS(=O)(=O)c1c(C2C[C@H]3CC[C@@H](C2)N3C(=O)c2ncn[nH]2)nc2c(-c3cnn(-c4ccccn4)c3)cnn2c1N. The van der Waals surface area contributed by atoms with Gasteiger partial charge in [-0.3, -0.25) is 9.89 Å². The van der Waals surface area contributed by atoms with Gasteiger partial charge in [-0.05, 0) is 37.8 Å². The van der Waals surface area contributed by atoms with Crippen LogP contribution in [0.4, 0.5) is 5.82 Å². The molecule has 3 atom stereocenters. The molecule has 7 heterocycles. The second-order valence-electron chi connectivity index (χ2n) is 10.2. The summed E-state index contributed by atoms with van der Waals surface area (Å²) < 4.78 is 29.1. The summed E-state index contributed by atoms with van der Waals surface area (Å²) in [4.78, 5) is 28.2. The summed E-state index contributed by atoms with van der Waals surface area (Å²) >= 11 is 0. The molecule has 0 saturated carbocycles. The molecular formula is C25H25N11O3S. The standard InChI is InChI=1S/C25H25N11O3S/c1-40(38,39)21-20(14-8-16-5-6-17(9-14)35(16)25(37)23-28-13-29-33-23)32-24-18(11-31-36(24)22(21)26)15-10-30-34(12-15)19-4-2-3-7-27-19/h2-4,7,10-14,16-17H,5-6,8-9,26H2,1H3,(H,28,29,33)/t14?,16-,17+. The molecule has 1 unspecified atom stereocenters. The number of H-pyrrole nitrogens is 1. The molecule has 5 aromatic rings. The summed E-state index contributed by atoms with van der Waals surface area (Å²) in [7, 11) is -3.75. The fourth-order valence-electron chi connectivity index (χ4n) is 6.12. The van der Waals surface area contributed by atoms with E-state index in [1.807, 2.05) is 29.3 Å². The number of nitrogens with zero attached hydrogens (tertiary/aromatic N) is 9. The van der Waals surface area contributed by atoms with Gasteiger partial charge in [0.15, 0.2) is 21.3 Å². The fraction of sp³-hybridized carbons (Fsp3) is 0.320. The van der Waals surface area contributed by atoms with E-state index in [1.165, 1.54) is 10.8 Å². The summed E-state index contributed by atoms with van der Waals surface area (Å²) in [5.74, 6) is 0.453. The Bertz CT molecular complexity index is 1830. The van der Waals surface area contributed by atoms with E-state index < -0.39 is 9.84 Å². The maximum Gasteiger partial charge on any atom is 0.291 e. The van der Waals surface area contributed by atoms with Crippen LogP contribution >= 0.6 is 0 Å². The van der Waals surface area contributed by atoms with Crippen LogP contribution in [0, 0.1) is 0 Å². The number of nitrogens with two attached hydrogens (primary N) is 1. The lowest BCUT2D eigenvalue weighted by Crippen LogP contribution is -2.46. The number of rotatable bonds is 5. The zero-order chi connectivity index (χ0) is 27.6. The minimum Gasteiger partial charge on any atom is -0.382 e. The van der Waals surface area contributed by atoms with E-state index in [-0.39, 0.29) is 40.4 Å². The molecule has 2 aliphatic rings. The van der Waals surface area contributed by atoms with Crippen LogP contribution in [0.5, 0.6) is 0 Å². The molecule has 2 aliphatic heterocycles. The van der Waals surface area contributed by atoms with Crippen LogP contribution in [-0.2, 0) is 9.84 Å². The number of hydrogen-bond acceptors (Lipinski definition) is 10. The number of aromatic amines is 1. The summed E-state index contributed by atoms with van der Waals surface area (Å²) in [6, 6.07) is 5.39. The molecule has 0 spiro atoms. The van der Waals surface area contributed by atoms with Crippen molar-refractivity contribution >= 4 is 27.2 Å². The second-order valence-corrected chi connectivity index (χ2v) is 12.2. The van der Waals surface area contributed by atoms with Crippen molar-refractivity contribution in [2.24, 2.45) is 0 Å². The van der Waals surface area contributed by atoms with Gasteiger partial charge in [0.2, 0.25) is 5.82 Å². The average Bonchev–Trinajstić information content (AvgIpc) is 3.74. The highest BCUT2D eigenvalue weighted by Crippen LogP contribution is 2.45. The number of carbonyl (C=O) groups is 1. The molecule has 7 rings (SSSR count). The Morgan fingerprint density at radius 1 is 1.10 bits per heavy atom. The first-order valence-corrected chi connectivity index (χ1v) is 14.7. The number of piperidine rings is 1. The molecule has 0 aliphatic carbocycles. The molecule has 2 fully saturated rings. The van der Waals surface area contributed by atoms with Gasteiger partial charge in [0.05, 0.1) is 18.1 Å². The summed E-state index contributed by atoms with van der Waals surface area (Å²) in [6.07, 6.45) is 12.0. The second kappa shape index (κ2) is 8.94. The molecular weight excluding hydrogens is 534 g/mol. The Morgan fingerprint density at radius 3 is 2.58 bits per heavy atom. The van der Waals surface area contributed by atoms with E-state index in [0.717, 1.165) is 24.7 Å². The smallest absolute Gasteiger partial charge is 0.291 e. The quantitative estimate of drug-likeness (QED) is 0.321. The molecule has 2 bridgehead atoms. The zero-order valence-corrected chi connectivity index (χ0v) is 22.2. The predicted octanol–water partition coefficient (Wildman–Crippen LogP) is 1.63. The first kappa shape index (κ1) is 24.4. The summed E-state index contributed by atoms with van der Waals surface area (Å²) in [5.41, 5.74) is 8.74. The van der Waals surface area contributed by atoms with Crippen molar-refractivity contribution in [3.63, 3.8) is 0 Å². The maximum absolute atomic E-state index is 13.1. The third kappa shape index (κ3) is 3.84. The Labute approximate surface area is 228 Å². The number of nitrogen functional groups attached to an aromatic ring is 1. The van der Waals surface area contributed by atoms with Crippen molar-refractivity contribution < 1.29 is 13.2 Å². The van der Waals surface area contributed by atoms with E-state index in [0.29, 0.717) is 35.6 Å². The number of sulfone groups is 1. The van der Waals surface area contributed by atoms with E-state index in [4.69, 9.17) is 10.7 Å². The van der Waals surface area contributed by atoms with Crippen molar-refractivity contribution in [2.45, 2.75) is 48.6 Å². The normalized spacial score (nSPS) is 20.8. The molecule has 2 saturated heterocycles. The molecule has 14 nitrogen and oxygen atoms in total. The van der Waals surface area contributed by atoms with E-state index >= 15 is 0 Å². The van der Waals surface area contributed by atoms with Crippen LogP contribution in [0.1, 0.15) is 47.9 Å². The average molecular weight is 560 g/mol. The van der Waals surface area contributed by atoms with Gasteiger partial charge >= 0.3 is 0 Å². The van der Waals surface area contributed by atoms with Crippen molar-refractivity contribution in [3.8, 4) is 16.9 Å². The number of pyridine rings is 1. The highest BCUT2D eigenvalue weighted by Gasteiger charge is 2.46. The van der Waals surface area contributed by atoms with Crippen LogP contribution < -0.4 is 5.73 Å². The Hall–Kier alpha value is -4.66. The third-order valence-electron chi connectivity index (χ3n) is 7.78. The van der Waals surface area contributed by atoms with Crippen molar-refractivity contribution in [2.75, 3.05) is 12.0 Å². The highest BCUT2D eigenvalue weighted by atomic mass is 32.2. The lowest BCUT2D eigenvalue weighted by atomic mass is 9.87. The minimum absolute atomic E-state index is 0.0124. The molecule has 40 heavy (non-hydrogen) atoms. The lowest BCUT2D eigenvalue weighted by molar-refractivity contribution is 0.0556. The molecule has 1 amide bonds. The number of fused-ring (bicyclic) bond motifs is 3.